The molecule has 0 saturated heterocycles. The van der Waals surface area contributed by atoms with Crippen LogP contribution in [0.15, 0.2) is 18.2 Å². The quantitative estimate of drug-likeness (QED) is 0.801. The van der Waals surface area contributed by atoms with E-state index in [1.807, 2.05) is 13.8 Å². The minimum atomic E-state index is -0.556. The van der Waals surface area contributed by atoms with Crippen molar-refractivity contribution >= 4 is 17.5 Å². The first kappa shape index (κ1) is 15.0. The van der Waals surface area contributed by atoms with E-state index in [1.165, 1.54) is 0 Å². The van der Waals surface area contributed by atoms with Gasteiger partial charge in [-0.2, -0.15) is 0 Å². The maximum Gasteiger partial charge on any atom is 0.252 e. The number of amides is 2. The molecule has 2 amide bonds. The molecule has 19 heavy (non-hydrogen) atoms. The Bertz CT molecular complexity index is 465. The molecule has 5 nitrogen and oxygen atoms in total. The van der Waals surface area contributed by atoms with Gasteiger partial charge in [0.1, 0.15) is 6.04 Å². The summed E-state index contributed by atoms with van der Waals surface area (Å²) in [4.78, 5) is 25.5. The first-order chi connectivity index (χ1) is 8.85. The van der Waals surface area contributed by atoms with Crippen LogP contribution in [0.4, 0.5) is 5.69 Å². The Labute approximate surface area is 113 Å². The zero-order valence-electron chi connectivity index (χ0n) is 11.9. The monoisotopic (exact) mass is 263 g/mol. The fourth-order valence-corrected chi connectivity index (χ4v) is 1.77. The Balaban J connectivity index is 2.77. The molecule has 104 valence electrons. The first-order valence-corrected chi connectivity index (χ1v) is 6.28. The van der Waals surface area contributed by atoms with Crippen molar-refractivity contribution in [2.24, 2.45) is 0 Å². The molecule has 1 unspecified atom stereocenters. The van der Waals surface area contributed by atoms with Crippen molar-refractivity contribution in [1.82, 2.24) is 10.2 Å². The lowest BCUT2D eigenvalue weighted by molar-refractivity contribution is -0.131. The van der Waals surface area contributed by atoms with Gasteiger partial charge >= 0.3 is 0 Å². The summed E-state index contributed by atoms with van der Waals surface area (Å²) in [6.45, 7) is 6.03. The lowest BCUT2D eigenvalue weighted by Crippen LogP contribution is -2.45. The zero-order chi connectivity index (χ0) is 14.6. The number of nitrogens with zero attached hydrogens (tertiary/aromatic N) is 1. The molecule has 0 radical (unpaired) electrons. The Morgan fingerprint density at radius 1 is 1.37 bits per heavy atom. The van der Waals surface area contributed by atoms with Crippen LogP contribution >= 0.6 is 0 Å². The van der Waals surface area contributed by atoms with E-state index in [1.54, 1.807) is 37.1 Å². The molecule has 3 N–H and O–H groups in total. The summed E-state index contributed by atoms with van der Waals surface area (Å²) >= 11 is 0. The third kappa shape index (κ3) is 3.98. The van der Waals surface area contributed by atoms with E-state index >= 15 is 0 Å². The molecule has 0 aliphatic heterocycles. The summed E-state index contributed by atoms with van der Waals surface area (Å²) < 4.78 is 0. The van der Waals surface area contributed by atoms with E-state index < -0.39 is 6.04 Å². The number of aryl methyl sites for hydroxylation is 1. The fourth-order valence-electron chi connectivity index (χ4n) is 1.77. The van der Waals surface area contributed by atoms with Gasteiger partial charge in [-0.25, -0.2) is 0 Å². The number of rotatable bonds is 4. The van der Waals surface area contributed by atoms with Crippen LogP contribution in [0, 0.1) is 6.92 Å². The summed E-state index contributed by atoms with van der Waals surface area (Å²) in [5.74, 6) is -0.405. The van der Waals surface area contributed by atoms with Gasteiger partial charge in [0.2, 0.25) is 5.91 Å². The number of anilines is 1. The molecule has 0 aliphatic carbocycles. The van der Waals surface area contributed by atoms with Gasteiger partial charge in [-0.15, -0.1) is 0 Å². The minimum absolute atomic E-state index is 0.114. The number of carbonyl (C=O) groups excluding carboxylic acids is 2. The van der Waals surface area contributed by atoms with Gasteiger partial charge in [0.25, 0.3) is 5.91 Å². The predicted molar refractivity (Wildman–Crippen MR) is 75.8 cm³/mol. The Hall–Kier alpha value is -2.04. The molecule has 1 atom stereocenters. The third-order valence-electron chi connectivity index (χ3n) is 2.93. The van der Waals surface area contributed by atoms with E-state index in [-0.39, 0.29) is 11.8 Å². The highest BCUT2D eigenvalue weighted by Crippen LogP contribution is 2.11. The molecule has 0 saturated carbocycles. The van der Waals surface area contributed by atoms with Gasteiger partial charge in [0, 0.05) is 24.8 Å². The van der Waals surface area contributed by atoms with Crippen molar-refractivity contribution in [3.63, 3.8) is 0 Å². The maximum atomic E-state index is 12.0. The molecule has 0 aromatic heterocycles. The van der Waals surface area contributed by atoms with Crippen LogP contribution in [0.5, 0.6) is 0 Å². The second kappa shape index (κ2) is 6.22. The topological polar surface area (TPSA) is 75.4 Å². The summed E-state index contributed by atoms with van der Waals surface area (Å²) in [7, 11) is 1.70. The molecule has 0 spiro atoms. The second-order valence-electron chi connectivity index (χ2n) is 4.68. The maximum absolute atomic E-state index is 12.0. The van der Waals surface area contributed by atoms with Crippen LogP contribution in [0.3, 0.4) is 0 Å². The molecule has 5 heteroatoms. The highest BCUT2D eigenvalue weighted by Gasteiger charge is 2.19. The highest BCUT2D eigenvalue weighted by molar-refractivity contribution is 5.98. The lowest BCUT2D eigenvalue weighted by Gasteiger charge is -2.20. The van der Waals surface area contributed by atoms with Crippen LogP contribution in [0.1, 0.15) is 29.8 Å². The molecule has 0 aliphatic rings. The van der Waals surface area contributed by atoms with Gasteiger partial charge in [-0.1, -0.05) is 0 Å². The summed E-state index contributed by atoms with van der Waals surface area (Å²) in [6.07, 6.45) is 0. The van der Waals surface area contributed by atoms with Crippen LogP contribution in [0.25, 0.3) is 0 Å². The molecule has 0 fully saturated rings. The van der Waals surface area contributed by atoms with Crippen LogP contribution in [-0.2, 0) is 4.79 Å². The molecular formula is C14H21N3O2. The first-order valence-electron chi connectivity index (χ1n) is 6.28. The summed E-state index contributed by atoms with van der Waals surface area (Å²) in [5, 5.41) is 2.68. The molecule has 0 heterocycles. The second-order valence-corrected chi connectivity index (χ2v) is 4.68. The standard InChI is InChI=1S/C14H21N3O2/c1-5-17(4)14(19)10(3)16-13(18)11-6-9(2)7-12(15)8-11/h6-8,10H,5,15H2,1-4H3,(H,16,18). The number of hydrogen-bond donors (Lipinski definition) is 2. The fraction of sp³-hybridized carbons (Fsp3) is 0.429. The van der Waals surface area contributed by atoms with Crippen LogP contribution in [-0.4, -0.2) is 36.3 Å². The van der Waals surface area contributed by atoms with Crippen molar-refractivity contribution in [3.8, 4) is 0 Å². The third-order valence-corrected chi connectivity index (χ3v) is 2.93. The summed E-state index contributed by atoms with van der Waals surface area (Å²) in [6, 6.07) is 4.57. The molecule has 1 aromatic rings. The summed E-state index contributed by atoms with van der Waals surface area (Å²) in [5.41, 5.74) is 7.62. The van der Waals surface area contributed by atoms with Crippen molar-refractivity contribution < 1.29 is 9.59 Å². The smallest absolute Gasteiger partial charge is 0.252 e. The highest BCUT2D eigenvalue weighted by atomic mass is 16.2. The largest absolute Gasteiger partial charge is 0.399 e. The Kier molecular flexibility index (Phi) is 4.92. The average Bonchev–Trinajstić information content (AvgIpc) is 2.35. The lowest BCUT2D eigenvalue weighted by atomic mass is 10.1. The van der Waals surface area contributed by atoms with Gasteiger partial charge in [-0.3, -0.25) is 9.59 Å². The predicted octanol–water partition coefficient (Wildman–Crippen LogP) is 1.17. The minimum Gasteiger partial charge on any atom is -0.399 e. The number of benzene rings is 1. The number of hydrogen-bond acceptors (Lipinski definition) is 3. The van der Waals surface area contributed by atoms with E-state index in [9.17, 15) is 9.59 Å². The number of nitrogen functional groups attached to an aromatic ring is 1. The van der Waals surface area contributed by atoms with Crippen LogP contribution < -0.4 is 11.1 Å². The van der Waals surface area contributed by atoms with Gasteiger partial charge < -0.3 is 16.0 Å². The molecule has 1 aromatic carbocycles. The van der Waals surface area contributed by atoms with E-state index in [2.05, 4.69) is 5.32 Å². The number of nitrogens with two attached hydrogens (primary N) is 1. The Morgan fingerprint density at radius 3 is 2.53 bits per heavy atom. The Morgan fingerprint density at radius 2 is 2.00 bits per heavy atom. The van der Waals surface area contributed by atoms with E-state index in [0.717, 1.165) is 5.56 Å². The van der Waals surface area contributed by atoms with E-state index in [0.29, 0.717) is 17.8 Å². The number of likely N-dealkylation sites (N-methyl/N-ethyl adjacent to an activating group) is 1. The normalized spacial score (nSPS) is 11.8. The molecule has 0 bridgehead atoms. The van der Waals surface area contributed by atoms with Gasteiger partial charge in [0.05, 0.1) is 0 Å². The van der Waals surface area contributed by atoms with Crippen molar-refractivity contribution in [2.45, 2.75) is 26.8 Å². The van der Waals surface area contributed by atoms with Gasteiger partial charge in [-0.05, 0) is 44.5 Å². The SMILES string of the molecule is CCN(C)C(=O)C(C)NC(=O)c1cc(C)cc(N)c1. The zero-order valence-corrected chi connectivity index (χ0v) is 11.9. The van der Waals surface area contributed by atoms with Crippen molar-refractivity contribution in [1.29, 1.82) is 0 Å². The number of carbonyl (C=O) groups is 2. The number of nitrogens with one attached hydrogen (secondary N) is 1. The molecular weight excluding hydrogens is 242 g/mol. The average molecular weight is 263 g/mol. The molecule has 1 rings (SSSR count). The van der Waals surface area contributed by atoms with Gasteiger partial charge in [0.15, 0.2) is 0 Å². The van der Waals surface area contributed by atoms with Crippen LogP contribution in [0.2, 0.25) is 0 Å². The van der Waals surface area contributed by atoms with E-state index in [4.69, 9.17) is 5.73 Å². The van der Waals surface area contributed by atoms with Crippen molar-refractivity contribution in [3.05, 3.63) is 29.3 Å². The van der Waals surface area contributed by atoms with Crippen molar-refractivity contribution in [2.75, 3.05) is 19.3 Å².